The number of benzene rings is 1. The molecule has 1 fully saturated rings. The maximum Gasteiger partial charge on any atom is 0.339 e. The van der Waals surface area contributed by atoms with E-state index in [9.17, 15) is 9.18 Å². The molecule has 1 aromatic carbocycles. The molecule has 0 saturated carbocycles. The van der Waals surface area contributed by atoms with Crippen molar-refractivity contribution in [3.8, 4) is 0 Å². The maximum absolute atomic E-state index is 14.2. The number of esters is 1. The summed E-state index contributed by atoms with van der Waals surface area (Å²) in [6.45, 7) is 8.19. The van der Waals surface area contributed by atoms with Gasteiger partial charge in [0.1, 0.15) is 11.6 Å². The smallest absolute Gasteiger partial charge is 0.339 e. The average molecular weight is 333 g/mol. The molecule has 2 heterocycles. The van der Waals surface area contributed by atoms with Crippen LogP contribution < -0.4 is 10.7 Å². The van der Waals surface area contributed by atoms with Crippen LogP contribution in [0.1, 0.15) is 45.7 Å². The summed E-state index contributed by atoms with van der Waals surface area (Å²) in [4.78, 5) is 12.4. The molecule has 2 atom stereocenters. The van der Waals surface area contributed by atoms with E-state index in [0.717, 1.165) is 0 Å². The topological polar surface area (TPSA) is 53.6 Å². The molecule has 0 aliphatic carbocycles. The number of carbonyl (C=O) groups is 1. The summed E-state index contributed by atoms with van der Waals surface area (Å²) in [5.41, 5.74) is 4.22. The summed E-state index contributed by atoms with van der Waals surface area (Å²) >= 11 is 0. The van der Waals surface area contributed by atoms with Crippen molar-refractivity contribution in [1.29, 1.82) is 0 Å². The number of hydrazine groups is 1. The Balaban J connectivity index is 2.02. The lowest BCUT2D eigenvalue weighted by Gasteiger charge is -2.46. The first kappa shape index (κ1) is 16.8. The van der Waals surface area contributed by atoms with Gasteiger partial charge in [0.05, 0.1) is 29.8 Å². The highest BCUT2D eigenvalue weighted by Gasteiger charge is 2.46. The third-order valence-corrected chi connectivity index (χ3v) is 4.63. The van der Waals surface area contributed by atoms with Gasteiger partial charge < -0.3 is 10.1 Å². The number of carbonyl (C=O) groups excluding carboxylic acids is 1. The van der Waals surface area contributed by atoms with Gasteiger partial charge in [-0.1, -0.05) is 18.2 Å². The Morgan fingerprint density at radius 3 is 2.79 bits per heavy atom. The third kappa shape index (κ3) is 2.75. The van der Waals surface area contributed by atoms with Gasteiger partial charge in [-0.15, -0.1) is 0 Å². The van der Waals surface area contributed by atoms with Crippen molar-refractivity contribution >= 4 is 5.97 Å². The summed E-state index contributed by atoms with van der Waals surface area (Å²) in [7, 11) is 0. The van der Waals surface area contributed by atoms with E-state index in [1.54, 1.807) is 19.1 Å². The Hall–Kier alpha value is -2.08. The first-order valence-corrected chi connectivity index (χ1v) is 8.34. The Kier molecular flexibility index (Phi) is 4.25. The zero-order valence-electron chi connectivity index (χ0n) is 14.5. The van der Waals surface area contributed by atoms with Crippen LogP contribution in [0.2, 0.25) is 0 Å². The Bertz CT molecular complexity index is 687. The molecular weight excluding hydrogens is 309 g/mol. The van der Waals surface area contributed by atoms with E-state index in [4.69, 9.17) is 4.74 Å². The highest BCUT2D eigenvalue weighted by molar-refractivity contribution is 5.91. The van der Waals surface area contributed by atoms with E-state index >= 15 is 0 Å². The number of hydrogen-bond acceptors (Lipinski definition) is 5. The molecule has 2 N–H and O–H groups in total. The van der Waals surface area contributed by atoms with Crippen molar-refractivity contribution in [2.75, 3.05) is 6.61 Å². The molecule has 2 aliphatic rings. The van der Waals surface area contributed by atoms with Gasteiger partial charge in [0.2, 0.25) is 0 Å². The Morgan fingerprint density at radius 1 is 1.42 bits per heavy atom. The predicted octanol–water partition coefficient (Wildman–Crippen LogP) is 2.62. The van der Waals surface area contributed by atoms with Gasteiger partial charge in [-0.2, -0.15) is 0 Å². The molecule has 0 aromatic heterocycles. The predicted molar refractivity (Wildman–Crippen MR) is 89.1 cm³/mol. The summed E-state index contributed by atoms with van der Waals surface area (Å²) in [6.07, 6.45) is 0.702. The number of ether oxygens (including phenoxy) is 1. The second kappa shape index (κ2) is 6.09. The molecular formula is C18H24FN3O2. The van der Waals surface area contributed by atoms with Gasteiger partial charge in [0, 0.05) is 5.56 Å². The number of rotatable bonds is 3. The molecule has 0 radical (unpaired) electrons. The van der Waals surface area contributed by atoms with Crippen molar-refractivity contribution in [2.45, 2.75) is 51.7 Å². The van der Waals surface area contributed by atoms with Crippen LogP contribution in [-0.4, -0.2) is 29.2 Å². The SMILES string of the molecule is CCOC(=O)C1=C2NC(c3ccccc3F)CC(C)(C)N2NC1C. The normalized spacial score (nSPS) is 25.3. The highest BCUT2D eigenvalue weighted by Crippen LogP contribution is 2.39. The molecule has 24 heavy (non-hydrogen) atoms. The summed E-state index contributed by atoms with van der Waals surface area (Å²) in [5, 5.41) is 5.32. The summed E-state index contributed by atoms with van der Waals surface area (Å²) in [5.74, 6) is 0.106. The standard InChI is InChI=1S/C18H24FN3O2/c1-5-24-17(23)15-11(2)21-22-16(15)20-14(10-18(22,3)4)12-8-6-7-9-13(12)19/h6-9,11,14,20-21H,5,10H2,1-4H3. The van der Waals surface area contributed by atoms with Gasteiger partial charge >= 0.3 is 5.97 Å². The maximum atomic E-state index is 14.2. The number of halogens is 1. The molecule has 1 saturated heterocycles. The van der Waals surface area contributed by atoms with Crippen LogP contribution in [0.3, 0.4) is 0 Å². The van der Waals surface area contributed by atoms with Crippen molar-refractivity contribution < 1.29 is 13.9 Å². The molecule has 3 rings (SSSR count). The molecule has 5 nitrogen and oxygen atoms in total. The molecule has 0 spiro atoms. The summed E-state index contributed by atoms with van der Waals surface area (Å²) in [6, 6.07) is 6.40. The molecule has 2 unspecified atom stereocenters. The highest BCUT2D eigenvalue weighted by atomic mass is 19.1. The fraction of sp³-hybridized carbons (Fsp3) is 0.500. The van der Waals surface area contributed by atoms with Crippen LogP contribution in [0.25, 0.3) is 0 Å². The van der Waals surface area contributed by atoms with Crippen LogP contribution in [0, 0.1) is 5.82 Å². The number of nitrogens with one attached hydrogen (secondary N) is 2. The third-order valence-electron chi connectivity index (χ3n) is 4.63. The second-order valence-electron chi connectivity index (χ2n) is 6.90. The van der Waals surface area contributed by atoms with Crippen molar-refractivity contribution in [1.82, 2.24) is 15.8 Å². The number of hydrogen-bond donors (Lipinski definition) is 2. The Labute approximate surface area is 141 Å². The van der Waals surface area contributed by atoms with Crippen molar-refractivity contribution in [3.05, 3.63) is 47.0 Å². The van der Waals surface area contributed by atoms with Crippen LogP contribution in [0.5, 0.6) is 0 Å². The lowest BCUT2D eigenvalue weighted by molar-refractivity contribution is -0.138. The lowest BCUT2D eigenvalue weighted by atomic mass is 9.87. The summed E-state index contributed by atoms with van der Waals surface area (Å²) < 4.78 is 19.4. The van der Waals surface area contributed by atoms with E-state index in [1.807, 2.05) is 18.0 Å². The largest absolute Gasteiger partial charge is 0.462 e. The first-order chi connectivity index (χ1) is 11.3. The first-order valence-electron chi connectivity index (χ1n) is 8.34. The minimum absolute atomic E-state index is 0.162. The minimum Gasteiger partial charge on any atom is -0.462 e. The molecule has 2 aliphatic heterocycles. The zero-order chi connectivity index (χ0) is 17.5. The zero-order valence-corrected chi connectivity index (χ0v) is 14.5. The van der Waals surface area contributed by atoms with Gasteiger partial charge in [-0.05, 0) is 40.2 Å². The fourth-order valence-electron chi connectivity index (χ4n) is 3.50. The van der Waals surface area contributed by atoms with E-state index in [0.29, 0.717) is 30.0 Å². The van der Waals surface area contributed by atoms with E-state index < -0.39 is 0 Å². The number of fused-ring (bicyclic) bond motifs is 1. The quantitative estimate of drug-likeness (QED) is 0.833. The van der Waals surface area contributed by atoms with Gasteiger partial charge in [0.15, 0.2) is 0 Å². The molecule has 6 heteroatoms. The van der Waals surface area contributed by atoms with E-state index in [2.05, 4.69) is 24.6 Å². The lowest BCUT2D eigenvalue weighted by Crippen LogP contribution is -2.57. The van der Waals surface area contributed by atoms with Crippen LogP contribution in [-0.2, 0) is 9.53 Å². The molecule has 1 aromatic rings. The van der Waals surface area contributed by atoms with Crippen LogP contribution in [0.4, 0.5) is 4.39 Å². The average Bonchev–Trinajstić information content (AvgIpc) is 2.85. The molecule has 130 valence electrons. The van der Waals surface area contributed by atoms with Gasteiger partial charge in [-0.3, -0.25) is 5.01 Å². The van der Waals surface area contributed by atoms with Crippen molar-refractivity contribution in [3.63, 3.8) is 0 Å². The monoisotopic (exact) mass is 333 g/mol. The van der Waals surface area contributed by atoms with E-state index in [1.165, 1.54) is 6.07 Å². The minimum atomic E-state index is -0.340. The van der Waals surface area contributed by atoms with Gasteiger partial charge in [0.25, 0.3) is 0 Å². The van der Waals surface area contributed by atoms with Crippen LogP contribution in [0.15, 0.2) is 35.7 Å². The van der Waals surface area contributed by atoms with E-state index in [-0.39, 0.29) is 29.4 Å². The second-order valence-corrected chi connectivity index (χ2v) is 6.90. The molecule has 0 amide bonds. The van der Waals surface area contributed by atoms with Crippen molar-refractivity contribution in [2.24, 2.45) is 0 Å². The van der Waals surface area contributed by atoms with Gasteiger partial charge in [-0.25, -0.2) is 14.6 Å². The van der Waals surface area contributed by atoms with Crippen LogP contribution >= 0.6 is 0 Å². The number of nitrogens with zero attached hydrogens (tertiary/aromatic N) is 1. The molecule has 0 bridgehead atoms. The Morgan fingerprint density at radius 2 is 2.12 bits per heavy atom. The fourth-order valence-corrected chi connectivity index (χ4v) is 3.50.